The minimum Gasteiger partial charge on any atom is -0.338 e. The van der Waals surface area contributed by atoms with E-state index in [1.165, 1.54) is 6.07 Å². The number of fused-ring (bicyclic) bond motifs is 3. The van der Waals surface area contributed by atoms with Gasteiger partial charge in [0.2, 0.25) is 0 Å². The molecule has 0 unspecified atom stereocenters. The molecule has 0 radical (unpaired) electrons. The monoisotopic (exact) mass is 340 g/mol. The van der Waals surface area contributed by atoms with Gasteiger partial charge in [0.25, 0.3) is 5.69 Å². The van der Waals surface area contributed by atoms with Crippen molar-refractivity contribution in [3.05, 3.63) is 77.0 Å². The first kappa shape index (κ1) is 14.5. The summed E-state index contributed by atoms with van der Waals surface area (Å²) in [5, 5.41) is 13.7. The molecule has 0 saturated heterocycles. The second kappa shape index (κ2) is 5.35. The Morgan fingerprint density at radius 2 is 1.77 bits per heavy atom. The van der Waals surface area contributed by atoms with Crippen LogP contribution in [0.15, 0.2) is 66.9 Å². The van der Waals surface area contributed by atoms with Gasteiger partial charge in [-0.15, -0.1) is 0 Å². The van der Waals surface area contributed by atoms with Crippen LogP contribution in [0.2, 0.25) is 0 Å². The molecule has 0 aliphatic carbocycles. The number of rotatable bonds is 2. The smallest absolute Gasteiger partial charge is 0.277 e. The molecule has 124 valence electrons. The van der Waals surface area contributed by atoms with Gasteiger partial charge in [-0.25, -0.2) is 4.98 Å². The number of pyridine rings is 1. The molecule has 0 aliphatic rings. The summed E-state index contributed by atoms with van der Waals surface area (Å²) in [6.45, 7) is 0. The number of hydrogen-bond donors (Lipinski definition) is 1. The molecule has 0 atom stereocenters. The normalized spacial score (nSPS) is 11.4. The van der Waals surface area contributed by atoms with Gasteiger partial charge in [0, 0.05) is 23.2 Å². The molecule has 0 amide bonds. The summed E-state index contributed by atoms with van der Waals surface area (Å²) in [7, 11) is 0. The van der Waals surface area contributed by atoms with E-state index in [1.54, 1.807) is 24.4 Å². The third-order valence-electron chi connectivity index (χ3n) is 4.56. The predicted molar refractivity (Wildman–Crippen MR) is 101 cm³/mol. The number of nitrogens with one attached hydrogen (secondary N) is 1. The number of aromatic nitrogens is 3. The lowest BCUT2D eigenvalue weighted by molar-refractivity contribution is -0.383. The lowest BCUT2D eigenvalue weighted by atomic mass is 10.0. The van der Waals surface area contributed by atoms with Crippen molar-refractivity contribution in [3.8, 4) is 11.4 Å². The first-order valence-electron chi connectivity index (χ1n) is 8.12. The zero-order chi connectivity index (χ0) is 17.7. The topological polar surface area (TPSA) is 84.7 Å². The number of aromatic amines is 1. The number of non-ortho nitro benzene ring substituents is 1. The molecule has 0 saturated carbocycles. The van der Waals surface area contributed by atoms with Crippen molar-refractivity contribution in [1.82, 2.24) is 15.0 Å². The van der Waals surface area contributed by atoms with E-state index in [-0.39, 0.29) is 10.6 Å². The van der Waals surface area contributed by atoms with Crippen LogP contribution >= 0.6 is 0 Å². The largest absolute Gasteiger partial charge is 0.338 e. The fraction of sp³-hybridized carbons (Fsp3) is 0. The van der Waals surface area contributed by atoms with Crippen LogP contribution in [0.5, 0.6) is 0 Å². The van der Waals surface area contributed by atoms with Crippen molar-refractivity contribution >= 4 is 38.4 Å². The highest BCUT2D eigenvalue weighted by atomic mass is 16.6. The van der Waals surface area contributed by atoms with Crippen LogP contribution in [0, 0.1) is 10.1 Å². The van der Waals surface area contributed by atoms with Crippen molar-refractivity contribution in [2.24, 2.45) is 0 Å². The van der Waals surface area contributed by atoms with Gasteiger partial charge in [-0.3, -0.25) is 15.1 Å². The summed E-state index contributed by atoms with van der Waals surface area (Å²) in [5.74, 6) is 0.682. The summed E-state index contributed by atoms with van der Waals surface area (Å²) in [6, 6.07) is 18.4. The lowest BCUT2D eigenvalue weighted by Gasteiger charge is -2.04. The number of hydrogen-bond acceptors (Lipinski definition) is 4. The number of imidazole rings is 1. The van der Waals surface area contributed by atoms with Crippen LogP contribution < -0.4 is 0 Å². The first-order chi connectivity index (χ1) is 12.7. The zero-order valence-corrected chi connectivity index (χ0v) is 13.5. The molecule has 5 rings (SSSR count). The van der Waals surface area contributed by atoms with Gasteiger partial charge in [-0.1, -0.05) is 24.3 Å². The number of nitro benzene ring substituents is 1. The number of nitro groups is 1. The van der Waals surface area contributed by atoms with E-state index in [4.69, 9.17) is 4.98 Å². The number of nitrogens with zero attached hydrogens (tertiary/aromatic N) is 3. The highest BCUT2D eigenvalue weighted by Gasteiger charge is 2.16. The third-order valence-corrected chi connectivity index (χ3v) is 4.56. The summed E-state index contributed by atoms with van der Waals surface area (Å²) in [6.07, 6.45) is 1.76. The van der Waals surface area contributed by atoms with E-state index >= 15 is 0 Å². The highest BCUT2D eigenvalue weighted by Crippen LogP contribution is 2.34. The molecule has 1 N–H and O–H groups in total. The van der Waals surface area contributed by atoms with Gasteiger partial charge < -0.3 is 4.98 Å². The molecule has 0 bridgehead atoms. The van der Waals surface area contributed by atoms with Gasteiger partial charge in [0.1, 0.15) is 5.82 Å². The van der Waals surface area contributed by atoms with Gasteiger partial charge in [0.15, 0.2) is 0 Å². The van der Waals surface area contributed by atoms with Crippen molar-refractivity contribution in [3.63, 3.8) is 0 Å². The van der Waals surface area contributed by atoms with Crippen molar-refractivity contribution < 1.29 is 4.92 Å². The summed E-state index contributed by atoms with van der Waals surface area (Å²) >= 11 is 0. The maximum absolute atomic E-state index is 11.3. The zero-order valence-electron chi connectivity index (χ0n) is 13.5. The molecule has 0 aliphatic heterocycles. The van der Waals surface area contributed by atoms with E-state index in [1.807, 2.05) is 36.4 Å². The van der Waals surface area contributed by atoms with Gasteiger partial charge in [0.05, 0.1) is 26.9 Å². The average Bonchev–Trinajstić information content (AvgIpc) is 3.07. The Hall–Kier alpha value is -3.80. The standard InChI is InChI=1S/C20H12N4O2/c25-24(26)19-8-7-15(13-5-1-2-6-14(13)19)20-22-17-10-12-4-3-9-21-16(12)11-18(17)23-20/h1-11H,(H,22,23). The number of H-pyrrole nitrogens is 1. The van der Waals surface area contributed by atoms with E-state index in [9.17, 15) is 10.1 Å². The number of benzene rings is 3. The molecular weight excluding hydrogens is 328 g/mol. The molecule has 0 fully saturated rings. The van der Waals surface area contributed by atoms with Crippen LogP contribution in [-0.4, -0.2) is 19.9 Å². The summed E-state index contributed by atoms with van der Waals surface area (Å²) in [4.78, 5) is 23.3. The predicted octanol–water partition coefficient (Wildman–Crippen LogP) is 4.84. The van der Waals surface area contributed by atoms with E-state index < -0.39 is 0 Å². The maximum atomic E-state index is 11.3. The maximum Gasteiger partial charge on any atom is 0.277 e. The third kappa shape index (κ3) is 2.12. The average molecular weight is 340 g/mol. The Bertz CT molecular complexity index is 1270. The Balaban J connectivity index is 1.78. The fourth-order valence-corrected chi connectivity index (χ4v) is 3.35. The van der Waals surface area contributed by atoms with Gasteiger partial charge in [-0.2, -0.15) is 0 Å². The second-order valence-corrected chi connectivity index (χ2v) is 6.09. The van der Waals surface area contributed by atoms with Crippen LogP contribution in [0.4, 0.5) is 5.69 Å². The van der Waals surface area contributed by atoms with Crippen LogP contribution in [0.1, 0.15) is 0 Å². The Morgan fingerprint density at radius 1 is 0.923 bits per heavy atom. The summed E-state index contributed by atoms with van der Waals surface area (Å²) < 4.78 is 0. The van der Waals surface area contributed by atoms with Crippen LogP contribution in [-0.2, 0) is 0 Å². The first-order valence-corrected chi connectivity index (χ1v) is 8.12. The second-order valence-electron chi connectivity index (χ2n) is 6.09. The molecule has 26 heavy (non-hydrogen) atoms. The molecule has 6 heteroatoms. The molecule has 6 nitrogen and oxygen atoms in total. The Labute approximate surface area is 147 Å². The SMILES string of the molecule is O=[N+]([O-])c1ccc(-c2nc3cc4ncccc4cc3[nH]2)c2ccccc12. The summed E-state index contributed by atoms with van der Waals surface area (Å²) in [5.41, 5.74) is 3.53. The molecular formula is C20H12N4O2. The van der Waals surface area contributed by atoms with Crippen LogP contribution in [0.25, 0.3) is 44.1 Å². The molecule has 2 aromatic heterocycles. The minimum absolute atomic E-state index is 0.0930. The van der Waals surface area contributed by atoms with Gasteiger partial charge >= 0.3 is 0 Å². The van der Waals surface area contributed by atoms with Crippen molar-refractivity contribution in [1.29, 1.82) is 0 Å². The fourth-order valence-electron chi connectivity index (χ4n) is 3.35. The molecule has 2 heterocycles. The van der Waals surface area contributed by atoms with E-state index in [2.05, 4.69) is 9.97 Å². The highest BCUT2D eigenvalue weighted by molar-refractivity contribution is 6.02. The quantitative estimate of drug-likeness (QED) is 0.368. The minimum atomic E-state index is -0.358. The van der Waals surface area contributed by atoms with E-state index in [0.29, 0.717) is 11.2 Å². The van der Waals surface area contributed by atoms with Crippen LogP contribution in [0.3, 0.4) is 0 Å². The Kier molecular flexibility index (Phi) is 2.99. The van der Waals surface area contributed by atoms with Crippen molar-refractivity contribution in [2.45, 2.75) is 0 Å². The van der Waals surface area contributed by atoms with E-state index in [0.717, 1.165) is 32.9 Å². The molecule has 5 aromatic rings. The van der Waals surface area contributed by atoms with Crippen molar-refractivity contribution in [2.75, 3.05) is 0 Å². The lowest BCUT2D eigenvalue weighted by Crippen LogP contribution is -1.91. The van der Waals surface area contributed by atoms with Gasteiger partial charge in [-0.05, 0) is 35.7 Å². The molecule has 3 aromatic carbocycles. The molecule has 0 spiro atoms. The Morgan fingerprint density at radius 3 is 2.62 bits per heavy atom.